The molecule has 1 aromatic heterocycles. The van der Waals surface area contributed by atoms with Gasteiger partial charge in [-0.2, -0.15) is 4.98 Å². The predicted molar refractivity (Wildman–Crippen MR) is 59.5 cm³/mol. The summed E-state index contributed by atoms with van der Waals surface area (Å²) in [5, 5.41) is 17.4. The van der Waals surface area contributed by atoms with Gasteiger partial charge in [-0.05, 0) is 13.0 Å². The van der Waals surface area contributed by atoms with Crippen LogP contribution < -0.4 is 5.32 Å². The summed E-state index contributed by atoms with van der Waals surface area (Å²) in [6.45, 7) is 1.97. The lowest BCUT2D eigenvalue weighted by atomic mass is 10.1. The molecule has 0 atom stereocenters. The van der Waals surface area contributed by atoms with E-state index in [2.05, 4.69) is 20.0 Å². The van der Waals surface area contributed by atoms with Gasteiger partial charge in [0.1, 0.15) is 5.69 Å². The number of anilines is 1. The van der Waals surface area contributed by atoms with Gasteiger partial charge < -0.3 is 9.84 Å². The zero-order valence-corrected chi connectivity index (χ0v) is 9.08. The van der Waals surface area contributed by atoms with Crippen LogP contribution in [-0.2, 0) is 6.54 Å². The fourth-order valence-electron chi connectivity index (χ4n) is 1.49. The zero-order chi connectivity index (χ0) is 12.3. The number of nitro benzene ring substituents is 1. The fraction of sp³-hybridized carbons (Fsp3) is 0.200. The summed E-state index contributed by atoms with van der Waals surface area (Å²) < 4.78 is 4.57. The van der Waals surface area contributed by atoms with Gasteiger partial charge in [0.25, 0.3) is 5.69 Å². The summed E-state index contributed by atoms with van der Waals surface area (Å²) >= 11 is 0. The second-order valence-electron chi connectivity index (χ2n) is 3.43. The molecule has 0 aliphatic rings. The molecule has 0 amide bonds. The summed E-state index contributed by atoms with van der Waals surface area (Å²) in [6.07, 6.45) is 1.21. The van der Waals surface area contributed by atoms with E-state index in [1.165, 1.54) is 6.39 Å². The zero-order valence-electron chi connectivity index (χ0n) is 9.08. The fourth-order valence-corrected chi connectivity index (χ4v) is 1.49. The Kier molecular flexibility index (Phi) is 2.99. The average molecular weight is 234 g/mol. The average Bonchev–Trinajstić information content (AvgIpc) is 2.78. The molecule has 1 aromatic carbocycles. The van der Waals surface area contributed by atoms with Crippen molar-refractivity contribution >= 4 is 11.4 Å². The third kappa shape index (κ3) is 2.39. The molecule has 7 heteroatoms. The molecule has 1 N–H and O–H groups in total. The minimum absolute atomic E-state index is 0.0657. The molecular weight excluding hydrogens is 224 g/mol. The van der Waals surface area contributed by atoms with Crippen LogP contribution in [-0.4, -0.2) is 15.1 Å². The van der Waals surface area contributed by atoms with E-state index in [4.69, 9.17) is 0 Å². The van der Waals surface area contributed by atoms with Crippen LogP contribution in [0, 0.1) is 17.0 Å². The van der Waals surface area contributed by atoms with Crippen molar-refractivity contribution in [2.45, 2.75) is 13.5 Å². The standard InChI is InChI=1S/C10H10N4O3/c1-7-3-2-4-8(10(7)14(15)16)11-5-9-12-6-17-13-9/h2-4,6,11H,5H2,1H3. The van der Waals surface area contributed by atoms with Crippen molar-refractivity contribution in [1.82, 2.24) is 10.1 Å². The molecule has 2 rings (SSSR count). The Bertz CT molecular complexity index is 524. The van der Waals surface area contributed by atoms with Crippen molar-refractivity contribution in [3.05, 3.63) is 46.1 Å². The molecular formula is C10H10N4O3. The number of aromatic nitrogens is 2. The largest absolute Gasteiger partial charge is 0.372 e. The molecule has 2 aromatic rings. The first-order valence-corrected chi connectivity index (χ1v) is 4.91. The third-order valence-corrected chi connectivity index (χ3v) is 2.26. The summed E-state index contributed by atoms with van der Waals surface area (Å²) in [6, 6.07) is 5.09. The van der Waals surface area contributed by atoms with Crippen molar-refractivity contribution in [3.8, 4) is 0 Å². The lowest BCUT2D eigenvalue weighted by Crippen LogP contribution is -2.04. The first-order chi connectivity index (χ1) is 8.18. The topological polar surface area (TPSA) is 94.1 Å². The van der Waals surface area contributed by atoms with Gasteiger partial charge in [0.05, 0.1) is 11.5 Å². The van der Waals surface area contributed by atoms with Crippen LogP contribution in [0.3, 0.4) is 0 Å². The second kappa shape index (κ2) is 4.60. The van der Waals surface area contributed by atoms with Crippen LogP contribution in [0.4, 0.5) is 11.4 Å². The molecule has 0 fully saturated rings. The Morgan fingerprint density at radius 2 is 2.35 bits per heavy atom. The highest BCUT2D eigenvalue weighted by Gasteiger charge is 2.16. The number of rotatable bonds is 4. The van der Waals surface area contributed by atoms with Gasteiger partial charge in [0.2, 0.25) is 6.39 Å². The molecule has 0 radical (unpaired) electrons. The molecule has 0 aliphatic heterocycles. The first-order valence-electron chi connectivity index (χ1n) is 4.91. The number of hydrogen-bond acceptors (Lipinski definition) is 6. The van der Waals surface area contributed by atoms with E-state index in [9.17, 15) is 10.1 Å². The molecule has 0 spiro atoms. The summed E-state index contributed by atoms with van der Waals surface area (Å²) in [5.74, 6) is 0.445. The summed E-state index contributed by atoms with van der Waals surface area (Å²) in [4.78, 5) is 14.3. The molecule has 0 unspecified atom stereocenters. The number of para-hydroxylation sites is 1. The van der Waals surface area contributed by atoms with E-state index in [-0.39, 0.29) is 12.2 Å². The van der Waals surface area contributed by atoms with Gasteiger partial charge in [-0.25, -0.2) is 0 Å². The molecule has 0 aliphatic carbocycles. The Hall–Kier alpha value is -2.44. The van der Waals surface area contributed by atoms with Crippen LogP contribution in [0.15, 0.2) is 29.1 Å². The predicted octanol–water partition coefficient (Wildman–Crippen LogP) is 1.90. The van der Waals surface area contributed by atoms with Gasteiger partial charge in [-0.3, -0.25) is 10.1 Å². The number of aryl methyl sites for hydroxylation is 1. The van der Waals surface area contributed by atoms with Crippen LogP contribution >= 0.6 is 0 Å². The number of nitrogens with zero attached hydrogens (tertiary/aromatic N) is 3. The molecule has 88 valence electrons. The van der Waals surface area contributed by atoms with Gasteiger partial charge in [-0.1, -0.05) is 17.3 Å². The summed E-state index contributed by atoms with van der Waals surface area (Å²) in [7, 11) is 0. The normalized spacial score (nSPS) is 10.2. The molecule has 0 bridgehead atoms. The van der Waals surface area contributed by atoms with Crippen LogP contribution in [0.25, 0.3) is 0 Å². The van der Waals surface area contributed by atoms with E-state index in [1.54, 1.807) is 25.1 Å². The summed E-state index contributed by atoms with van der Waals surface area (Å²) in [5.41, 5.74) is 1.11. The van der Waals surface area contributed by atoms with E-state index in [0.717, 1.165) is 0 Å². The van der Waals surface area contributed by atoms with Gasteiger partial charge in [0, 0.05) is 5.56 Å². The minimum atomic E-state index is -0.409. The molecule has 0 saturated carbocycles. The molecule has 0 saturated heterocycles. The Labute approximate surface area is 96.6 Å². The van der Waals surface area contributed by atoms with E-state index >= 15 is 0 Å². The van der Waals surface area contributed by atoms with Gasteiger partial charge in [0.15, 0.2) is 5.82 Å². The molecule has 7 nitrogen and oxygen atoms in total. The van der Waals surface area contributed by atoms with Gasteiger partial charge in [-0.15, -0.1) is 0 Å². The number of benzene rings is 1. The lowest BCUT2D eigenvalue weighted by Gasteiger charge is -2.06. The highest BCUT2D eigenvalue weighted by Crippen LogP contribution is 2.27. The second-order valence-corrected chi connectivity index (χ2v) is 3.43. The highest BCUT2D eigenvalue weighted by atomic mass is 16.6. The smallest absolute Gasteiger partial charge is 0.295 e. The quantitative estimate of drug-likeness (QED) is 0.641. The lowest BCUT2D eigenvalue weighted by molar-refractivity contribution is -0.384. The van der Waals surface area contributed by atoms with Crippen LogP contribution in [0.1, 0.15) is 11.4 Å². The third-order valence-electron chi connectivity index (χ3n) is 2.26. The van der Waals surface area contributed by atoms with Crippen molar-refractivity contribution in [3.63, 3.8) is 0 Å². The van der Waals surface area contributed by atoms with Crippen LogP contribution in [0.2, 0.25) is 0 Å². The highest BCUT2D eigenvalue weighted by molar-refractivity contribution is 5.64. The van der Waals surface area contributed by atoms with Crippen molar-refractivity contribution in [1.29, 1.82) is 0 Å². The SMILES string of the molecule is Cc1cccc(NCc2ncon2)c1[N+](=O)[O-]. The molecule has 17 heavy (non-hydrogen) atoms. The Morgan fingerprint density at radius 1 is 1.53 bits per heavy atom. The van der Waals surface area contributed by atoms with Gasteiger partial charge >= 0.3 is 0 Å². The number of nitro groups is 1. The molecule has 1 heterocycles. The van der Waals surface area contributed by atoms with E-state index in [0.29, 0.717) is 17.1 Å². The minimum Gasteiger partial charge on any atom is -0.372 e. The van der Waals surface area contributed by atoms with Crippen molar-refractivity contribution in [2.75, 3.05) is 5.32 Å². The Morgan fingerprint density at radius 3 is 3.00 bits per heavy atom. The maximum absolute atomic E-state index is 10.9. The van der Waals surface area contributed by atoms with E-state index in [1.807, 2.05) is 0 Å². The monoisotopic (exact) mass is 234 g/mol. The number of hydrogen-bond donors (Lipinski definition) is 1. The van der Waals surface area contributed by atoms with E-state index < -0.39 is 4.92 Å². The van der Waals surface area contributed by atoms with Crippen LogP contribution in [0.5, 0.6) is 0 Å². The Balaban J connectivity index is 2.21. The number of nitrogens with one attached hydrogen (secondary N) is 1. The van der Waals surface area contributed by atoms with Crippen molar-refractivity contribution in [2.24, 2.45) is 0 Å². The van der Waals surface area contributed by atoms with Crippen molar-refractivity contribution < 1.29 is 9.45 Å². The maximum atomic E-state index is 10.9. The maximum Gasteiger partial charge on any atom is 0.295 e. The first kappa shape index (κ1) is 11.1.